The number of sulfone groups is 1. The molecular formula is C23H28N4O6S. The van der Waals surface area contributed by atoms with Gasteiger partial charge in [0.1, 0.15) is 6.10 Å². The molecule has 0 bridgehead atoms. The van der Waals surface area contributed by atoms with Gasteiger partial charge in [0.05, 0.1) is 35.8 Å². The highest BCUT2D eigenvalue weighted by Gasteiger charge is 2.37. The molecule has 2 aliphatic rings. The molecule has 2 aromatic rings. The molecule has 1 aromatic carbocycles. The van der Waals surface area contributed by atoms with Gasteiger partial charge in [-0.15, -0.1) is 0 Å². The van der Waals surface area contributed by atoms with Gasteiger partial charge < -0.3 is 19.6 Å². The van der Waals surface area contributed by atoms with E-state index < -0.39 is 15.7 Å². The molecule has 11 heteroatoms. The maximum absolute atomic E-state index is 13.1. The summed E-state index contributed by atoms with van der Waals surface area (Å²) in [6, 6.07) is 6.13. The Bertz CT molecular complexity index is 1130. The number of oxime groups is 1. The fourth-order valence-corrected chi connectivity index (χ4v) is 5.43. The topological polar surface area (TPSA) is 129 Å². The fraction of sp³-hybridized carbons (Fsp3) is 0.478. The normalized spacial score (nSPS) is 20.7. The lowest BCUT2D eigenvalue weighted by Crippen LogP contribution is -2.25. The minimum Gasteiger partial charge on any atom is -0.480 e. The Hall–Kier alpha value is -3.05. The number of amides is 1. The number of anilines is 1. The first kappa shape index (κ1) is 24.1. The number of carbonyl (C=O) groups excluding carboxylic acids is 1. The van der Waals surface area contributed by atoms with Crippen LogP contribution in [-0.2, 0) is 24.2 Å². The quantitative estimate of drug-likeness (QED) is 0.399. The maximum Gasteiger partial charge on any atom is 0.279 e. The van der Waals surface area contributed by atoms with Gasteiger partial charge in [-0.3, -0.25) is 4.79 Å². The molecule has 34 heavy (non-hydrogen) atoms. The number of nitrogens with zero attached hydrogens (tertiary/aromatic N) is 3. The van der Waals surface area contributed by atoms with Gasteiger partial charge >= 0.3 is 0 Å². The third-order valence-corrected chi connectivity index (χ3v) is 8.02. The average Bonchev–Trinajstić information content (AvgIpc) is 3.62. The van der Waals surface area contributed by atoms with Crippen molar-refractivity contribution in [3.8, 4) is 5.88 Å². The first-order chi connectivity index (χ1) is 16.4. The molecule has 2 atom stereocenters. The zero-order valence-electron chi connectivity index (χ0n) is 19.1. The number of hydrogen-bond acceptors (Lipinski definition) is 9. The standard InChI is InChI=1S/C23H28N4O6S/c1-3-32-16-6-7-17(12-16)33-27-22(23(28)26-20-13-25-21(31-2)14-24-20)15-4-8-18(9-5-15)34(29,30)19-10-11-19/h4-5,8-9,13-14,16-17,19H,3,6-7,10-12H2,1-2H3,(H,24,26,28)/t16-,17-/m1/s1. The number of hydrogen-bond donors (Lipinski definition) is 1. The Morgan fingerprint density at radius 2 is 1.82 bits per heavy atom. The number of carbonyl (C=O) groups is 1. The first-order valence-corrected chi connectivity index (χ1v) is 12.8. The van der Waals surface area contributed by atoms with Crippen LogP contribution in [0.5, 0.6) is 5.88 Å². The molecule has 1 aromatic heterocycles. The summed E-state index contributed by atoms with van der Waals surface area (Å²) in [5.74, 6) is -0.0342. The molecular weight excluding hydrogens is 460 g/mol. The van der Waals surface area contributed by atoms with Crippen LogP contribution < -0.4 is 10.1 Å². The summed E-state index contributed by atoms with van der Waals surface area (Å²) in [5, 5.41) is 6.50. The molecule has 1 N–H and O–H groups in total. The highest BCUT2D eigenvalue weighted by molar-refractivity contribution is 7.92. The van der Waals surface area contributed by atoms with Gasteiger partial charge in [-0.2, -0.15) is 0 Å². The van der Waals surface area contributed by atoms with E-state index in [2.05, 4.69) is 20.4 Å². The summed E-state index contributed by atoms with van der Waals surface area (Å²) in [4.78, 5) is 27.1. The van der Waals surface area contributed by atoms with Crippen molar-refractivity contribution in [2.45, 2.75) is 61.4 Å². The van der Waals surface area contributed by atoms with Gasteiger partial charge in [-0.1, -0.05) is 17.3 Å². The third kappa shape index (κ3) is 5.71. The molecule has 2 fully saturated rings. The highest BCUT2D eigenvalue weighted by Crippen LogP contribution is 2.33. The number of benzene rings is 1. The van der Waals surface area contributed by atoms with Gasteiger partial charge in [-0.25, -0.2) is 18.4 Å². The molecule has 2 aliphatic carbocycles. The second-order valence-electron chi connectivity index (χ2n) is 8.22. The Morgan fingerprint density at radius 3 is 2.44 bits per heavy atom. The molecule has 0 saturated heterocycles. The fourth-order valence-electron chi connectivity index (χ4n) is 3.77. The zero-order valence-corrected chi connectivity index (χ0v) is 20.0. The highest BCUT2D eigenvalue weighted by atomic mass is 32.2. The van der Waals surface area contributed by atoms with E-state index >= 15 is 0 Å². The van der Waals surface area contributed by atoms with E-state index in [4.69, 9.17) is 14.3 Å². The minimum absolute atomic E-state index is 0.00727. The van der Waals surface area contributed by atoms with Crippen LogP contribution in [0.25, 0.3) is 0 Å². The molecule has 0 unspecified atom stereocenters. The van der Waals surface area contributed by atoms with E-state index in [-0.39, 0.29) is 33.9 Å². The lowest BCUT2D eigenvalue weighted by molar-refractivity contribution is -0.110. The second kappa shape index (κ2) is 10.5. The number of methoxy groups -OCH3 is 1. The number of aromatic nitrogens is 2. The van der Waals surface area contributed by atoms with E-state index in [1.54, 1.807) is 12.1 Å². The lowest BCUT2D eigenvalue weighted by Gasteiger charge is -2.12. The molecule has 1 heterocycles. The van der Waals surface area contributed by atoms with Crippen LogP contribution in [0.15, 0.2) is 46.7 Å². The lowest BCUT2D eigenvalue weighted by atomic mass is 10.1. The van der Waals surface area contributed by atoms with Crippen molar-refractivity contribution in [3.63, 3.8) is 0 Å². The van der Waals surface area contributed by atoms with E-state index in [1.807, 2.05) is 6.92 Å². The van der Waals surface area contributed by atoms with Crippen molar-refractivity contribution >= 4 is 27.3 Å². The summed E-state index contributed by atoms with van der Waals surface area (Å²) < 4.78 is 35.7. The van der Waals surface area contributed by atoms with Gasteiger partial charge in [0.2, 0.25) is 5.88 Å². The van der Waals surface area contributed by atoms with Crippen LogP contribution in [-0.4, -0.2) is 61.2 Å². The second-order valence-corrected chi connectivity index (χ2v) is 10.5. The van der Waals surface area contributed by atoms with Gasteiger partial charge in [-0.05, 0) is 44.7 Å². The minimum atomic E-state index is -3.34. The predicted molar refractivity (Wildman–Crippen MR) is 125 cm³/mol. The molecule has 2 saturated carbocycles. The monoisotopic (exact) mass is 488 g/mol. The Morgan fingerprint density at radius 1 is 1.09 bits per heavy atom. The van der Waals surface area contributed by atoms with Crippen molar-refractivity contribution in [1.29, 1.82) is 0 Å². The molecule has 10 nitrogen and oxygen atoms in total. The summed E-state index contributed by atoms with van der Waals surface area (Å²) in [5.41, 5.74) is 0.431. The molecule has 4 rings (SSSR count). The maximum atomic E-state index is 13.1. The number of ether oxygens (including phenoxy) is 2. The van der Waals surface area contributed by atoms with Crippen LogP contribution in [0.4, 0.5) is 5.82 Å². The molecule has 0 spiro atoms. The largest absolute Gasteiger partial charge is 0.480 e. The summed E-state index contributed by atoms with van der Waals surface area (Å²) in [6.07, 6.45) is 6.38. The third-order valence-electron chi connectivity index (χ3n) is 5.75. The Balaban J connectivity index is 1.54. The molecule has 182 valence electrons. The summed E-state index contributed by atoms with van der Waals surface area (Å²) >= 11 is 0. The first-order valence-electron chi connectivity index (χ1n) is 11.3. The Kier molecular flexibility index (Phi) is 7.42. The molecule has 0 radical (unpaired) electrons. The summed E-state index contributed by atoms with van der Waals surface area (Å²) in [6.45, 7) is 2.58. The van der Waals surface area contributed by atoms with Crippen LogP contribution >= 0.6 is 0 Å². The van der Waals surface area contributed by atoms with Crippen molar-refractivity contribution in [1.82, 2.24) is 9.97 Å². The van der Waals surface area contributed by atoms with Crippen molar-refractivity contribution in [2.75, 3.05) is 19.0 Å². The van der Waals surface area contributed by atoms with Gasteiger partial charge in [0.25, 0.3) is 5.91 Å². The number of nitrogens with one attached hydrogen (secondary N) is 1. The SMILES string of the molecule is CCO[C@@H]1CC[C@@H](ON=C(C(=O)Nc2cnc(OC)cn2)c2ccc(S(=O)(=O)C3CC3)cc2)C1. The van der Waals surface area contributed by atoms with Crippen molar-refractivity contribution in [2.24, 2.45) is 5.16 Å². The molecule has 0 aliphatic heterocycles. The van der Waals surface area contributed by atoms with Crippen LogP contribution in [0.1, 0.15) is 44.6 Å². The van der Waals surface area contributed by atoms with Gasteiger partial charge in [0, 0.05) is 18.6 Å². The predicted octanol–water partition coefficient (Wildman–Crippen LogP) is 2.74. The zero-order chi connectivity index (χ0) is 24.1. The van der Waals surface area contributed by atoms with Crippen molar-refractivity contribution < 1.29 is 27.5 Å². The van der Waals surface area contributed by atoms with Crippen molar-refractivity contribution in [3.05, 3.63) is 42.2 Å². The molecule has 1 amide bonds. The number of rotatable bonds is 10. The van der Waals surface area contributed by atoms with E-state index in [1.165, 1.54) is 31.6 Å². The van der Waals surface area contributed by atoms with E-state index in [0.29, 0.717) is 37.3 Å². The average molecular weight is 489 g/mol. The smallest absolute Gasteiger partial charge is 0.279 e. The summed E-state index contributed by atoms with van der Waals surface area (Å²) in [7, 11) is -1.87. The van der Waals surface area contributed by atoms with Crippen LogP contribution in [0, 0.1) is 0 Å². The van der Waals surface area contributed by atoms with Crippen LogP contribution in [0.2, 0.25) is 0 Å². The van der Waals surface area contributed by atoms with E-state index in [9.17, 15) is 13.2 Å². The van der Waals surface area contributed by atoms with Gasteiger partial charge in [0.15, 0.2) is 21.4 Å². The van der Waals surface area contributed by atoms with Crippen LogP contribution in [0.3, 0.4) is 0 Å². The Labute approximate surface area is 198 Å². The van der Waals surface area contributed by atoms with E-state index in [0.717, 1.165) is 12.8 Å².